The SMILES string of the molecule is Cn1c(-c2cnc(-n3c4cc(Oc5cccc(-c6ccccn6)c5)ccc4c4ccc(Oc5cccc(-c6ccccn6)c5)cc43)nc2)cc2ccccc21. The van der Waals surface area contributed by atoms with Gasteiger partial charge in [0.1, 0.15) is 23.0 Å². The van der Waals surface area contributed by atoms with Crippen molar-refractivity contribution in [3.8, 4) is 62.7 Å². The normalized spacial score (nSPS) is 11.4. The van der Waals surface area contributed by atoms with Crippen LogP contribution in [0.1, 0.15) is 0 Å². The summed E-state index contributed by atoms with van der Waals surface area (Å²) < 4.78 is 17.2. The lowest BCUT2D eigenvalue weighted by Crippen LogP contribution is -2.02. The molecule has 0 N–H and O–H groups in total. The van der Waals surface area contributed by atoms with E-state index in [4.69, 9.17) is 19.4 Å². The lowest BCUT2D eigenvalue weighted by Gasteiger charge is -2.11. The molecule has 55 heavy (non-hydrogen) atoms. The Balaban J connectivity index is 1.07. The van der Waals surface area contributed by atoms with Gasteiger partial charge in [-0.15, -0.1) is 0 Å². The molecule has 262 valence electrons. The molecule has 5 heterocycles. The van der Waals surface area contributed by atoms with Crippen LogP contribution in [0, 0.1) is 0 Å². The molecule has 0 aliphatic carbocycles. The van der Waals surface area contributed by atoms with Gasteiger partial charge in [0.2, 0.25) is 5.95 Å². The second kappa shape index (κ2) is 13.4. The van der Waals surface area contributed by atoms with E-state index >= 15 is 0 Å². The highest BCUT2D eigenvalue weighted by Gasteiger charge is 2.18. The molecule has 0 saturated heterocycles. The van der Waals surface area contributed by atoms with Gasteiger partial charge in [0.15, 0.2) is 0 Å². The number of fused-ring (bicyclic) bond motifs is 4. The zero-order chi connectivity index (χ0) is 36.7. The van der Waals surface area contributed by atoms with E-state index in [1.165, 1.54) is 5.39 Å². The molecule has 8 nitrogen and oxygen atoms in total. The first-order valence-electron chi connectivity index (χ1n) is 18.0. The fourth-order valence-corrected chi connectivity index (χ4v) is 7.23. The minimum atomic E-state index is 0.533. The van der Waals surface area contributed by atoms with Crippen LogP contribution in [0.2, 0.25) is 0 Å². The van der Waals surface area contributed by atoms with Crippen LogP contribution in [-0.4, -0.2) is 29.1 Å². The monoisotopic (exact) mass is 712 g/mol. The van der Waals surface area contributed by atoms with Gasteiger partial charge in [-0.1, -0.05) is 54.6 Å². The number of aromatic nitrogens is 6. The Morgan fingerprint density at radius 2 is 0.982 bits per heavy atom. The Hall–Kier alpha value is -7.58. The van der Waals surface area contributed by atoms with Gasteiger partial charge in [0.25, 0.3) is 0 Å². The largest absolute Gasteiger partial charge is 0.457 e. The molecule has 10 aromatic rings. The fourth-order valence-electron chi connectivity index (χ4n) is 7.23. The maximum atomic E-state index is 6.49. The van der Waals surface area contributed by atoms with E-state index in [0.717, 1.165) is 61.1 Å². The highest BCUT2D eigenvalue weighted by Crippen LogP contribution is 2.38. The van der Waals surface area contributed by atoms with E-state index in [2.05, 4.69) is 68.6 Å². The van der Waals surface area contributed by atoms with E-state index in [0.29, 0.717) is 28.9 Å². The van der Waals surface area contributed by atoms with E-state index in [1.54, 1.807) is 12.4 Å². The van der Waals surface area contributed by atoms with Crippen molar-refractivity contribution >= 4 is 32.7 Å². The van der Waals surface area contributed by atoms with Gasteiger partial charge in [0, 0.05) is 82.3 Å². The number of hydrogen-bond acceptors (Lipinski definition) is 6. The van der Waals surface area contributed by atoms with Crippen LogP contribution in [-0.2, 0) is 7.05 Å². The first kappa shape index (κ1) is 32.1. The van der Waals surface area contributed by atoms with Gasteiger partial charge in [0.05, 0.1) is 28.1 Å². The molecule has 10 rings (SSSR count). The molecule has 0 bridgehead atoms. The predicted octanol–water partition coefficient (Wildman–Crippen LogP) is 11.4. The molecule has 8 heteroatoms. The van der Waals surface area contributed by atoms with Crippen LogP contribution in [0.4, 0.5) is 0 Å². The van der Waals surface area contributed by atoms with Gasteiger partial charge < -0.3 is 14.0 Å². The number of benzene rings is 5. The number of ether oxygens (including phenoxy) is 2. The molecule has 0 spiro atoms. The minimum absolute atomic E-state index is 0.533. The third-order valence-corrected chi connectivity index (χ3v) is 9.86. The first-order valence-corrected chi connectivity index (χ1v) is 18.0. The summed E-state index contributed by atoms with van der Waals surface area (Å²) in [5.41, 5.74) is 8.65. The van der Waals surface area contributed by atoms with Crippen molar-refractivity contribution in [2.45, 2.75) is 0 Å². The summed E-state index contributed by atoms with van der Waals surface area (Å²) in [5.74, 6) is 3.33. The van der Waals surface area contributed by atoms with E-state index in [1.807, 2.05) is 122 Å². The maximum Gasteiger partial charge on any atom is 0.234 e. The Morgan fingerprint density at radius 3 is 1.53 bits per heavy atom. The van der Waals surface area contributed by atoms with Crippen molar-refractivity contribution in [3.63, 3.8) is 0 Å². The number of rotatable bonds is 8. The Morgan fingerprint density at radius 1 is 0.436 bits per heavy atom. The van der Waals surface area contributed by atoms with E-state index < -0.39 is 0 Å². The van der Waals surface area contributed by atoms with Crippen LogP contribution < -0.4 is 9.47 Å². The highest BCUT2D eigenvalue weighted by molar-refractivity contribution is 6.09. The van der Waals surface area contributed by atoms with Crippen molar-refractivity contribution in [1.82, 2.24) is 29.1 Å². The van der Waals surface area contributed by atoms with Crippen molar-refractivity contribution in [1.29, 1.82) is 0 Å². The van der Waals surface area contributed by atoms with E-state index in [9.17, 15) is 0 Å². The van der Waals surface area contributed by atoms with E-state index in [-0.39, 0.29) is 0 Å². The molecule has 5 aromatic heterocycles. The number of pyridine rings is 2. The minimum Gasteiger partial charge on any atom is -0.457 e. The van der Waals surface area contributed by atoms with Crippen LogP contribution in [0.15, 0.2) is 176 Å². The zero-order valence-corrected chi connectivity index (χ0v) is 29.7. The van der Waals surface area contributed by atoms with Gasteiger partial charge >= 0.3 is 0 Å². The van der Waals surface area contributed by atoms with Gasteiger partial charge in [-0.05, 0) is 84.9 Å². The summed E-state index contributed by atoms with van der Waals surface area (Å²) in [5, 5.41) is 3.24. The van der Waals surface area contributed by atoms with Crippen LogP contribution in [0.5, 0.6) is 23.0 Å². The standard InChI is InChI=1S/C47H32N6O2/c1-52-43-17-3-2-10-33(43)26-44(52)34-29-50-47(51-30-34)53-45-27-37(54-35-13-8-11-31(24-35)41-15-4-6-22-48-41)18-20-39(45)40-21-19-38(28-46(40)53)55-36-14-9-12-32(25-36)42-16-5-7-23-49-42/h2-30H,1H3. The molecule has 0 amide bonds. The van der Waals surface area contributed by atoms with Crippen molar-refractivity contribution in [2.75, 3.05) is 0 Å². The second-order valence-corrected chi connectivity index (χ2v) is 13.3. The Kier molecular flexibility index (Phi) is 7.84. The summed E-state index contributed by atoms with van der Waals surface area (Å²) in [7, 11) is 2.07. The summed E-state index contributed by atoms with van der Waals surface area (Å²) >= 11 is 0. The number of hydrogen-bond donors (Lipinski definition) is 0. The van der Waals surface area contributed by atoms with Crippen LogP contribution in [0.3, 0.4) is 0 Å². The number of para-hydroxylation sites is 1. The lowest BCUT2D eigenvalue weighted by molar-refractivity contribution is 0.483. The molecule has 0 fully saturated rings. The van der Waals surface area contributed by atoms with Crippen molar-refractivity contribution in [2.24, 2.45) is 7.05 Å². The Labute approximate surface area is 316 Å². The van der Waals surface area contributed by atoms with Crippen molar-refractivity contribution < 1.29 is 9.47 Å². The third kappa shape index (κ3) is 6.01. The smallest absolute Gasteiger partial charge is 0.234 e. The van der Waals surface area contributed by atoms with Gasteiger partial charge in [-0.2, -0.15) is 0 Å². The Bertz CT molecular complexity index is 2850. The predicted molar refractivity (Wildman–Crippen MR) is 218 cm³/mol. The molecule has 5 aromatic carbocycles. The molecular formula is C47H32N6O2. The molecular weight excluding hydrogens is 681 g/mol. The molecule has 0 unspecified atom stereocenters. The number of nitrogens with zero attached hydrogens (tertiary/aromatic N) is 6. The van der Waals surface area contributed by atoms with Crippen LogP contribution in [0.25, 0.3) is 72.4 Å². The lowest BCUT2D eigenvalue weighted by atomic mass is 10.1. The summed E-state index contributed by atoms with van der Waals surface area (Å²) in [6, 6.07) is 50.5. The average Bonchev–Trinajstić information content (AvgIpc) is 3.75. The highest BCUT2D eigenvalue weighted by atomic mass is 16.5. The quantitative estimate of drug-likeness (QED) is 0.156. The third-order valence-electron chi connectivity index (χ3n) is 9.86. The summed E-state index contributed by atoms with van der Waals surface area (Å²) in [6.45, 7) is 0. The fraction of sp³-hybridized carbons (Fsp3) is 0.0213. The second-order valence-electron chi connectivity index (χ2n) is 13.3. The molecule has 0 atom stereocenters. The van der Waals surface area contributed by atoms with Crippen molar-refractivity contribution in [3.05, 3.63) is 176 Å². The molecule has 0 radical (unpaired) electrons. The molecule has 0 aliphatic rings. The number of aryl methyl sites for hydroxylation is 1. The van der Waals surface area contributed by atoms with Crippen LogP contribution >= 0.6 is 0 Å². The van der Waals surface area contributed by atoms with Gasteiger partial charge in [-0.3, -0.25) is 14.5 Å². The first-order chi connectivity index (χ1) is 27.1. The topological polar surface area (TPSA) is 79.9 Å². The average molecular weight is 713 g/mol. The summed E-state index contributed by atoms with van der Waals surface area (Å²) in [4.78, 5) is 19.0. The summed E-state index contributed by atoms with van der Waals surface area (Å²) in [6.07, 6.45) is 7.37. The van der Waals surface area contributed by atoms with Gasteiger partial charge in [-0.25, -0.2) is 9.97 Å². The maximum absolute atomic E-state index is 6.49. The molecule has 0 saturated carbocycles. The zero-order valence-electron chi connectivity index (χ0n) is 29.7. The molecule has 0 aliphatic heterocycles.